The summed E-state index contributed by atoms with van der Waals surface area (Å²) in [5.74, 6) is 1.19. The number of amides is 1. The highest BCUT2D eigenvalue weighted by Crippen LogP contribution is 2.33. The van der Waals surface area contributed by atoms with Crippen LogP contribution in [0.1, 0.15) is 28.0 Å². The minimum atomic E-state index is -2.76. The van der Waals surface area contributed by atoms with Gasteiger partial charge < -0.3 is 30.3 Å². The van der Waals surface area contributed by atoms with E-state index in [-0.39, 0.29) is 5.56 Å². The average molecular weight is 525 g/mol. The second-order valence-electron chi connectivity index (χ2n) is 9.07. The van der Waals surface area contributed by atoms with E-state index in [1.807, 2.05) is 24.3 Å². The number of hydrogen-bond donors (Lipinski definition) is 2. The van der Waals surface area contributed by atoms with Crippen molar-refractivity contribution in [3.63, 3.8) is 0 Å². The highest BCUT2D eigenvalue weighted by molar-refractivity contribution is 6.04. The first-order chi connectivity index (χ1) is 18.5. The third-order valence-electron chi connectivity index (χ3n) is 6.63. The summed E-state index contributed by atoms with van der Waals surface area (Å²) in [6.07, 6.45) is -1.55. The zero-order valence-electron chi connectivity index (χ0n) is 20.9. The number of rotatable bonds is 7. The van der Waals surface area contributed by atoms with E-state index in [2.05, 4.69) is 20.1 Å². The van der Waals surface area contributed by atoms with Crippen LogP contribution in [-0.4, -0.2) is 68.5 Å². The highest BCUT2D eigenvalue weighted by atomic mass is 19.3. The van der Waals surface area contributed by atoms with Gasteiger partial charge in [-0.25, -0.2) is 13.8 Å². The van der Waals surface area contributed by atoms with Crippen LogP contribution < -0.4 is 20.9 Å². The Morgan fingerprint density at radius 3 is 2.16 bits per heavy atom. The van der Waals surface area contributed by atoms with E-state index in [0.717, 1.165) is 60.6 Å². The first kappa shape index (κ1) is 26.0. The first-order valence-electron chi connectivity index (χ1n) is 12.6. The van der Waals surface area contributed by atoms with Crippen molar-refractivity contribution in [1.29, 1.82) is 0 Å². The molecule has 1 aromatic carbocycles. The molecule has 2 aromatic heterocycles. The van der Waals surface area contributed by atoms with Crippen LogP contribution in [0, 0.1) is 0 Å². The van der Waals surface area contributed by atoms with Crippen LogP contribution in [-0.2, 0) is 16.0 Å². The Hall–Kier alpha value is -3.67. The molecule has 0 saturated carbocycles. The number of morpholine rings is 2. The minimum Gasteiger partial charge on any atom is -0.378 e. The normalized spacial score (nSPS) is 16.1. The second kappa shape index (κ2) is 11.8. The van der Waals surface area contributed by atoms with Crippen molar-refractivity contribution in [3.05, 3.63) is 65.5 Å². The first-order valence-corrected chi connectivity index (χ1v) is 12.6. The number of nitrogens with two attached hydrogens (primary N) is 1. The standard InChI is InChI=1S/C27H30F2N6O3/c28-26(29)23-13-18(3-4-31-23)27(36)32-21-2-1-19(17-30)22(16-21)20-14-24(34-5-9-37-10-6-34)33-25(15-20)35-7-11-38-12-8-35/h1-4,13-16,26H,5-12,17,30H2,(H,32,36). The van der Waals surface area contributed by atoms with Gasteiger partial charge in [0.05, 0.1) is 26.4 Å². The summed E-state index contributed by atoms with van der Waals surface area (Å²) in [6.45, 7) is 5.81. The van der Waals surface area contributed by atoms with E-state index in [1.54, 1.807) is 6.07 Å². The number of anilines is 3. The number of aromatic nitrogens is 2. The van der Waals surface area contributed by atoms with E-state index >= 15 is 0 Å². The Morgan fingerprint density at radius 1 is 0.947 bits per heavy atom. The van der Waals surface area contributed by atoms with Gasteiger partial charge in [0.15, 0.2) is 0 Å². The van der Waals surface area contributed by atoms with Crippen molar-refractivity contribution >= 4 is 23.2 Å². The largest absolute Gasteiger partial charge is 0.378 e. The fourth-order valence-electron chi connectivity index (χ4n) is 4.58. The fraction of sp³-hybridized carbons (Fsp3) is 0.370. The molecule has 0 bridgehead atoms. The molecule has 2 saturated heterocycles. The molecule has 5 rings (SSSR count). The number of alkyl halides is 2. The minimum absolute atomic E-state index is 0.105. The van der Waals surface area contributed by atoms with Gasteiger partial charge in [-0.15, -0.1) is 0 Å². The van der Waals surface area contributed by atoms with Gasteiger partial charge in [0, 0.05) is 50.2 Å². The van der Waals surface area contributed by atoms with Gasteiger partial charge in [0.1, 0.15) is 17.3 Å². The Labute approximate surface area is 219 Å². The number of nitrogens with one attached hydrogen (secondary N) is 1. The van der Waals surface area contributed by atoms with Crippen molar-refractivity contribution in [2.75, 3.05) is 67.7 Å². The van der Waals surface area contributed by atoms with Crippen LogP contribution in [0.5, 0.6) is 0 Å². The molecular weight excluding hydrogens is 494 g/mol. The number of hydrogen-bond acceptors (Lipinski definition) is 8. The van der Waals surface area contributed by atoms with Gasteiger partial charge >= 0.3 is 0 Å². The molecular formula is C27H30F2N6O3. The molecule has 0 unspecified atom stereocenters. The summed E-state index contributed by atoms with van der Waals surface area (Å²) >= 11 is 0. The van der Waals surface area contributed by atoms with Gasteiger partial charge in [-0.2, -0.15) is 0 Å². The third kappa shape index (κ3) is 5.90. The number of carbonyl (C=O) groups excluding carboxylic acids is 1. The molecule has 0 spiro atoms. The molecule has 9 nitrogen and oxygen atoms in total. The summed E-state index contributed by atoms with van der Waals surface area (Å²) in [5, 5.41) is 2.82. The van der Waals surface area contributed by atoms with E-state index in [1.165, 1.54) is 12.3 Å². The van der Waals surface area contributed by atoms with Crippen LogP contribution >= 0.6 is 0 Å². The van der Waals surface area contributed by atoms with Crippen LogP contribution in [0.2, 0.25) is 0 Å². The lowest BCUT2D eigenvalue weighted by Crippen LogP contribution is -2.39. The van der Waals surface area contributed by atoms with E-state index in [9.17, 15) is 13.6 Å². The fourth-order valence-corrected chi connectivity index (χ4v) is 4.58. The van der Waals surface area contributed by atoms with Crippen molar-refractivity contribution in [3.8, 4) is 11.1 Å². The molecule has 0 atom stereocenters. The number of carbonyl (C=O) groups is 1. The maximum atomic E-state index is 13.1. The number of ether oxygens (including phenoxy) is 2. The number of halogens is 2. The van der Waals surface area contributed by atoms with Crippen LogP contribution in [0.3, 0.4) is 0 Å². The molecule has 2 fully saturated rings. The van der Waals surface area contributed by atoms with Gasteiger partial charge in [0.25, 0.3) is 12.3 Å². The number of nitrogens with zero attached hydrogens (tertiary/aromatic N) is 4. The molecule has 11 heteroatoms. The van der Waals surface area contributed by atoms with Crippen molar-refractivity contribution < 1.29 is 23.0 Å². The summed E-state index contributed by atoms with van der Waals surface area (Å²) in [4.78, 5) is 25.9. The van der Waals surface area contributed by atoms with Crippen LogP contribution in [0.25, 0.3) is 11.1 Å². The Kier molecular flexibility index (Phi) is 8.06. The summed E-state index contributed by atoms with van der Waals surface area (Å²) in [7, 11) is 0. The Balaban J connectivity index is 1.50. The molecule has 3 aromatic rings. The summed E-state index contributed by atoms with van der Waals surface area (Å²) < 4.78 is 37.2. The van der Waals surface area contributed by atoms with E-state index < -0.39 is 18.0 Å². The number of pyridine rings is 2. The van der Waals surface area contributed by atoms with Gasteiger partial charge in [0.2, 0.25) is 0 Å². The summed E-state index contributed by atoms with van der Waals surface area (Å²) in [6, 6.07) is 12.1. The van der Waals surface area contributed by atoms with Crippen LogP contribution in [0.4, 0.5) is 26.1 Å². The van der Waals surface area contributed by atoms with Gasteiger partial charge in [-0.1, -0.05) is 6.07 Å². The quantitative estimate of drug-likeness (QED) is 0.484. The van der Waals surface area contributed by atoms with E-state index in [0.29, 0.717) is 38.7 Å². The van der Waals surface area contributed by atoms with Crippen molar-refractivity contribution in [2.45, 2.75) is 13.0 Å². The van der Waals surface area contributed by atoms with Crippen LogP contribution in [0.15, 0.2) is 48.7 Å². The van der Waals surface area contributed by atoms with Crippen molar-refractivity contribution in [1.82, 2.24) is 9.97 Å². The Morgan fingerprint density at radius 2 is 1.58 bits per heavy atom. The van der Waals surface area contributed by atoms with Gasteiger partial charge in [-0.3, -0.25) is 9.78 Å². The maximum Gasteiger partial charge on any atom is 0.280 e. The molecule has 38 heavy (non-hydrogen) atoms. The van der Waals surface area contributed by atoms with E-state index in [4.69, 9.17) is 20.2 Å². The zero-order valence-corrected chi connectivity index (χ0v) is 20.9. The molecule has 2 aliphatic heterocycles. The summed E-state index contributed by atoms with van der Waals surface area (Å²) in [5.41, 5.74) is 8.97. The van der Waals surface area contributed by atoms with Gasteiger partial charge in [-0.05, 0) is 53.1 Å². The predicted molar refractivity (Wildman–Crippen MR) is 141 cm³/mol. The Bertz CT molecular complexity index is 1240. The monoisotopic (exact) mass is 524 g/mol. The smallest absolute Gasteiger partial charge is 0.280 e. The molecule has 200 valence electrons. The topological polar surface area (TPSA) is 106 Å². The molecule has 0 radical (unpaired) electrons. The molecule has 2 aliphatic rings. The molecule has 0 aliphatic carbocycles. The molecule has 4 heterocycles. The maximum absolute atomic E-state index is 13.1. The molecule has 3 N–H and O–H groups in total. The molecule has 1 amide bonds. The third-order valence-corrected chi connectivity index (χ3v) is 6.63. The zero-order chi connectivity index (χ0) is 26.5. The average Bonchev–Trinajstić information content (AvgIpc) is 2.98. The lowest BCUT2D eigenvalue weighted by atomic mass is 9.98. The lowest BCUT2D eigenvalue weighted by Gasteiger charge is -2.32. The SMILES string of the molecule is NCc1ccc(NC(=O)c2ccnc(C(F)F)c2)cc1-c1cc(N2CCOCC2)nc(N2CCOCC2)c1. The second-order valence-corrected chi connectivity index (χ2v) is 9.07. The lowest BCUT2D eigenvalue weighted by molar-refractivity contribution is 0.102. The number of benzene rings is 1. The predicted octanol–water partition coefficient (Wildman–Crippen LogP) is 3.47. The highest BCUT2D eigenvalue weighted by Gasteiger charge is 2.20. The van der Waals surface area contributed by atoms with Crippen molar-refractivity contribution in [2.24, 2.45) is 5.73 Å².